The molecule has 0 bridgehead atoms. The summed E-state index contributed by atoms with van der Waals surface area (Å²) in [5.41, 5.74) is 8.34. The Morgan fingerprint density at radius 1 is 0.549 bits per heavy atom. The molecule has 1 amide bonds. The quantitative estimate of drug-likeness (QED) is 0.0322. The monoisotopic (exact) mass is 1280 g/mol. The van der Waals surface area contributed by atoms with E-state index in [2.05, 4.69) is 34.7 Å². The molecule has 4 heterocycles. The van der Waals surface area contributed by atoms with Crippen LogP contribution in [0.1, 0.15) is 73.4 Å². The third-order valence-corrected chi connectivity index (χ3v) is 15.3. The number of amides is 1. The van der Waals surface area contributed by atoms with Crippen molar-refractivity contribution < 1.29 is 69.5 Å². The Morgan fingerprint density at radius 3 is 1.35 bits per heavy atom. The van der Waals surface area contributed by atoms with E-state index in [1.165, 1.54) is 26.4 Å². The number of nitrogens with two attached hydrogens (primary N) is 1. The number of carbonyl (C=O) groups is 4. The third-order valence-electron chi connectivity index (χ3n) is 14.1. The Kier molecular flexibility index (Phi) is 21.0. The van der Waals surface area contributed by atoms with Gasteiger partial charge in [-0.05, 0) is 81.3 Å². The van der Waals surface area contributed by atoms with Gasteiger partial charge in [0.05, 0.1) is 75.9 Å². The number of fused-ring (bicyclic) bond motifs is 2. The number of carboxylic acid groups (broad SMARTS) is 1. The number of benzene rings is 6. The predicted octanol–water partition coefficient (Wildman–Crippen LogP) is 9.23. The van der Waals surface area contributed by atoms with Crippen LogP contribution in [0.5, 0.6) is 34.8 Å². The molecule has 480 valence electrons. The lowest BCUT2D eigenvalue weighted by Crippen LogP contribution is -2.37. The standard InChI is InChI=1S/C32H35N5O7S.C20H17N3O5.C12H20N2O3S/c1-32(2,3)20-18-24(29(42-4)25(19-20)36-45(5,40)41)34-30(39)28(38)23-10-11-26(22-9-7-6-8-21(22)23)44-27-12-13-33-31(35-27)37-14-16-43-17-15-37;24-18(19(25)26)15-5-6-16(14-4-2-1-3-13(14)15)28-17-7-8-21-20(22-17)23-9-11-27-12-10-23;1-12(2,3)8-6-9(13)11(17-4)10(7-8)14-18(5,15)16/h6-13,18-19,36H,14-17H2,1-5H3,(H,34,39);1-8H,9-12H2,(H,25,26);6-7,14H,13H2,1-5H3. The summed E-state index contributed by atoms with van der Waals surface area (Å²) in [5, 5.41) is 13.9. The van der Waals surface area contributed by atoms with Gasteiger partial charge in [-0.3, -0.25) is 23.8 Å². The molecule has 2 aromatic heterocycles. The first kappa shape index (κ1) is 67.2. The minimum Gasteiger partial charge on any atom is -0.492 e. The third kappa shape index (κ3) is 17.4. The van der Waals surface area contributed by atoms with Crippen molar-refractivity contribution >= 4 is 99.7 Å². The van der Waals surface area contributed by atoms with Crippen molar-refractivity contribution in [3.05, 3.63) is 144 Å². The molecule has 2 saturated heterocycles. The van der Waals surface area contributed by atoms with E-state index in [9.17, 15) is 36.0 Å². The second kappa shape index (κ2) is 28.4. The number of hydrogen-bond donors (Lipinski definition) is 5. The van der Waals surface area contributed by atoms with Crippen LogP contribution in [-0.4, -0.2) is 145 Å². The van der Waals surface area contributed by atoms with Gasteiger partial charge in [-0.25, -0.2) is 31.6 Å². The number of rotatable bonds is 17. The Hall–Kier alpha value is -9.70. The summed E-state index contributed by atoms with van der Waals surface area (Å²) in [7, 11) is -4.24. The number of nitrogen functional groups attached to an aromatic ring is 1. The Bertz CT molecular complexity index is 4260. The molecule has 27 heteroatoms. The molecule has 0 spiro atoms. The average Bonchev–Trinajstić information content (AvgIpc) is 0.900. The molecule has 0 unspecified atom stereocenters. The van der Waals surface area contributed by atoms with Gasteiger partial charge in [0.15, 0.2) is 11.5 Å². The van der Waals surface area contributed by atoms with E-state index >= 15 is 0 Å². The van der Waals surface area contributed by atoms with Crippen molar-refractivity contribution in [2.24, 2.45) is 0 Å². The second-order valence-electron chi connectivity index (χ2n) is 23.0. The van der Waals surface area contributed by atoms with Crippen LogP contribution >= 0.6 is 0 Å². The molecule has 2 aliphatic heterocycles. The van der Waals surface area contributed by atoms with Crippen molar-refractivity contribution in [3.8, 4) is 34.8 Å². The largest absolute Gasteiger partial charge is 0.492 e. The lowest BCUT2D eigenvalue weighted by molar-refractivity contribution is -0.131. The van der Waals surface area contributed by atoms with Gasteiger partial charge >= 0.3 is 5.97 Å². The van der Waals surface area contributed by atoms with Crippen molar-refractivity contribution in [1.82, 2.24) is 19.9 Å². The number of aliphatic carboxylic acids is 1. The predicted molar refractivity (Wildman–Crippen MR) is 348 cm³/mol. The SMILES string of the molecule is COc1c(N)cc(C(C)(C)C)cc1NS(C)(=O)=O.COc1c(NC(=O)C(=O)c2ccc(Oc3ccnc(N4CCOCC4)n3)c3ccccc23)cc(C(C)(C)C)cc1NS(C)(=O)=O.O=C(O)C(=O)c1ccc(Oc2ccnc(N3CCOCC3)n2)c2ccccc12. The fourth-order valence-corrected chi connectivity index (χ4v) is 10.7. The first-order valence-corrected chi connectivity index (χ1v) is 32.3. The highest BCUT2D eigenvalue weighted by atomic mass is 32.2. The molecule has 91 heavy (non-hydrogen) atoms. The van der Waals surface area contributed by atoms with Crippen LogP contribution in [0.15, 0.2) is 122 Å². The number of methoxy groups -OCH3 is 2. The smallest absolute Gasteiger partial charge is 0.377 e. The topological polar surface area (TPSA) is 332 Å². The van der Waals surface area contributed by atoms with Gasteiger partial charge in [-0.15, -0.1) is 0 Å². The van der Waals surface area contributed by atoms with E-state index in [0.29, 0.717) is 132 Å². The lowest BCUT2D eigenvalue weighted by atomic mass is 9.86. The van der Waals surface area contributed by atoms with Gasteiger partial charge in [-0.1, -0.05) is 90.1 Å². The zero-order valence-corrected chi connectivity index (χ0v) is 53.6. The molecule has 6 N–H and O–H groups in total. The molecule has 2 fully saturated rings. The number of anilines is 6. The van der Waals surface area contributed by atoms with Crippen molar-refractivity contribution in [2.75, 3.05) is 110 Å². The fourth-order valence-electron chi connectivity index (χ4n) is 9.61. The van der Waals surface area contributed by atoms with Gasteiger partial charge in [0.25, 0.3) is 17.5 Å². The number of hydrogen-bond acceptors (Lipinski definition) is 21. The minimum atomic E-state index is -3.67. The number of carboxylic acids is 1. The van der Waals surface area contributed by atoms with Gasteiger partial charge in [0, 0.05) is 72.6 Å². The van der Waals surface area contributed by atoms with E-state index in [4.69, 9.17) is 39.3 Å². The molecule has 2 aliphatic rings. The normalized spacial score (nSPS) is 13.6. The molecule has 0 atom stereocenters. The van der Waals surface area contributed by atoms with Crippen LogP contribution in [0, 0.1) is 0 Å². The second-order valence-corrected chi connectivity index (χ2v) is 26.5. The van der Waals surface area contributed by atoms with Crippen molar-refractivity contribution in [3.63, 3.8) is 0 Å². The summed E-state index contributed by atoms with van der Waals surface area (Å²) in [4.78, 5) is 71.8. The summed E-state index contributed by atoms with van der Waals surface area (Å²) in [6.07, 6.45) is 5.35. The molecule has 8 aromatic rings. The minimum absolute atomic E-state index is 0.0736. The summed E-state index contributed by atoms with van der Waals surface area (Å²) >= 11 is 0. The highest BCUT2D eigenvalue weighted by Gasteiger charge is 2.28. The lowest BCUT2D eigenvalue weighted by Gasteiger charge is -2.26. The first-order chi connectivity index (χ1) is 43.0. The zero-order chi connectivity index (χ0) is 66.0. The van der Waals surface area contributed by atoms with E-state index < -0.39 is 48.9 Å². The van der Waals surface area contributed by atoms with E-state index in [0.717, 1.165) is 18.1 Å². The first-order valence-electron chi connectivity index (χ1n) is 28.5. The number of sulfonamides is 2. The van der Waals surface area contributed by atoms with E-state index in [1.807, 2.05) is 57.4 Å². The number of Topliss-reactive ketones (excluding diaryl/α,β-unsaturated/α-hetero) is 2. The molecule has 0 aliphatic carbocycles. The van der Waals surface area contributed by atoms with Crippen LogP contribution in [0.4, 0.5) is 34.6 Å². The molecular weight excluding hydrogens is 1210 g/mol. The number of morpholine rings is 2. The number of ketones is 2. The fraction of sp³-hybridized carbons (Fsp3) is 0.312. The number of nitrogens with one attached hydrogen (secondary N) is 3. The zero-order valence-electron chi connectivity index (χ0n) is 51.9. The highest BCUT2D eigenvalue weighted by Crippen LogP contribution is 2.41. The van der Waals surface area contributed by atoms with Gasteiger partial charge in [0.2, 0.25) is 43.7 Å². The molecule has 0 radical (unpaired) electrons. The molecule has 0 saturated carbocycles. The Morgan fingerprint density at radius 2 is 0.945 bits per heavy atom. The highest BCUT2D eigenvalue weighted by molar-refractivity contribution is 7.92. The molecule has 25 nitrogen and oxygen atoms in total. The average molecular weight is 1290 g/mol. The molecular formula is C64H72N10O15S2. The van der Waals surface area contributed by atoms with Crippen LogP contribution in [0.3, 0.4) is 0 Å². The van der Waals surface area contributed by atoms with Crippen LogP contribution in [0.2, 0.25) is 0 Å². The summed E-state index contributed by atoms with van der Waals surface area (Å²) in [6, 6.07) is 30.4. The van der Waals surface area contributed by atoms with Gasteiger partial charge < -0.3 is 54.4 Å². The molecule has 6 aromatic carbocycles. The summed E-state index contributed by atoms with van der Waals surface area (Å²) in [6.45, 7) is 17.1. The van der Waals surface area contributed by atoms with E-state index in [1.54, 1.807) is 103 Å². The van der Waals surface area contributed by atoms with Gasteiger partial charge in [0.1, 0.15) is 11.5 Å². The van der Waals surface area contributed by atoms with Crippen molar-refractivity contribution in [1.29, 1.82) is 0 Å². The maximum atomic E-state index is 13.6. The Labute approximate surface area is 527 Å². The number of aromatic nitrogens is 4. The van der Waals surface area contributed by atoms with E-state index in [-0.39, 0.29) is 33.7 Å². The number of nitrogens with zero attached hydrogens (tertiary/aromatic N) is 6. The molecule has 10 rings (SSSR count). The summed E-state index contributed by atoms with van der Waals surface area (Å²) < 4.78 is 85.2. The van der Waals surface area contributed by atoms with Crippen molar-refractivity contribution in [2.45, 2.75) is 52.4 Å². The van der Waals surface area contributed by atoms with Crippen LogP contribution in [-0.2, 0) is 49.9 Å². The van der Waals surface area contributed by atoms with Crippen LogP contribution < -0.4 is 49.2 Å². The summed E-state index contributed by atoms with van der Waals surface area (Å²) in [5.74, 6) is -1.05. The van der Waals surface area contributed by atoms with Crippen LogP contribution in [0.25, 0.3) is 21.5 Å². The Balaban J connectivity index is 0.000000196. The van der Waals surface area contributed by atoms with Gasteiger partial charge in [-0.2, -0.15) is 9.97 Å². The number of ether oxygens (including phenoxy) is 6. The maximum Gasteiger partial charge on any atom is 0.377 e. The number of carbonyl (C=O) groups excluding carboxylic acids is 3. The maximum absolute atomic E-state index is 13.6.